The zero-order valence-electron chi connectivity index (χ0n) is 19.3. The third-order valence-electron chi connectivity index (χ3n) is 5.79. The van der Waals surface area contributed by atoms with Crippen LogP contribution in [0.4, 0.5) is 5.69 Å². The Morgan fingerprint density at radius 2 is 1.78 bits per heavy atom. The van der Waals surface area contributed by atoms with E-state index in [1.165, 1.54) is 11.8 Å². The van der Waals surface area contributed by atoms with Crippen LogP contribution in [0.5, 0.6) is 11.5 Å². The van der Waals surface area contributed by atoms with Crippen molar-refractivity contribution in [1.82, 2.24) is 19.7 Å². The predicted octanol–water partition coefficient (Wildman–Crippen LogP) is 5.21. The number of nitrogens with zero attached hydrogens (tertiary/aromatic N) is 4. The summed E-state index contributed by atoms with van der Waals surface area (Å²) in [7, 11) is 1.90. The summed E-state index contributed by atoms with van der Waals surface area (Å²) < 4.78 is 13.2. The zero-order valence-corrected chi connectivity index (χ0v) is 20.2. The van der Waals surface area contributed by atoms with Crippen LogP contribution in [-0.2, 0) is 7.05 Å². The molecule has 0 bridgehead atoms. The maximum absolute atomic E-state index is 13.4. The molecule has 6 rings (SSSR count). The molecular formula is C27H21N5O3S. The summed E-state index contributed by atoms with van der Waals surface area (Å²) in [6, 6.07) is 22.8. The molecule has 0 fully saturated rings. The molecule has 8 nitrogen and oxygen atoms in total. The van der Waals surface area contributed by atoms with E-state index in [2.05, 4.69) is 15.5 Å². The van der Waals surface area contributed by atoms with Gasteiger partial charge in [-0.3, -0.25) is 4.79 Å². The number of anilines is 1. The zero-order chi connectivity index (χ0) is 24.5. The largest absolute Gasteiger partial charge is 0.486 e. The summed E-state index contributed by atoms with van der Waals surface area (Å²) in [4.78, 5) is 19.2. The van der Waals surface area contributed by atoms with Crippen molar-refractivity contribution in [1.29, 1.82) is 0 Å². The Bertz CT molecular complexity index is 1580. The van der Waals surface area contributed by atoms with Crippen molar-refractivity contribution >= 4 is 34.3 Å². The number of benzene rings is 3. The van der Waals surface area contributed by atoms with Gasteiger partial charge in [0.05, 0.1) is 16.8 Å². The van der Waals surface area contributed by atoms with Crippen LogP contribution in [0, 0.1) is 0 Å². The van der Waals surface area contributed by atoms with Gasteiger partial charge in [-0.1, -0.05) is 18.2 Å². The lowest BCUT2D eigenvalue weighted by Gasteiger charge is -2.19. The molecule has 1 N–H and O–H groups in total. The van der Waals surface area contributed by atoms with Crippen molar-refractivity contribution < 1.29 is 14.3 Å². The van der Waals surface area contributed by atoms with E-state index in [0.29, 0.717) is 41.7 Å². The Morgan fingerprint density at radius 1 is 0.972 bits per heavy atom. The second kappa shape index (κ2) is 9.35. The van der Waals surface area contributed by atoms with Crippen molar-refractivity contribution in [3.8, 4) is 22.8 Å². The fourth-order valence-electron chi connectivity index (χ4n) is 3.99. The minimum atomic E-state index is -0.207. The van der Waals surface area contributed by atoms with Crippen molar-refractivity contribution in [2.45, 2.75) is 10.1 Å². The van der Waals surface area contributed by atoms with E-state index >= 15 is 0 Å². The van der Waals surface area contributed by atoms with E-state index in [1.807, 2.05) is 84.4 Å². The second-order valence-electron chi connectivity index (χ2n) is 8.24. The molecule has 0 saturated heterocycles. The quantitative estimate of drug-likeness (QED) is 0.358. The molecule has 0 saturated carbocycles. The number of pyridine rings is 1. The third kappa shape index (κ3) is 4.36. The van der Waals surface area contributed by atoms with E-state index in [1.54, 1.807) is 6.33 Å². The molecule has 3 aromatic carbocycles. The van der Waals surface area contributed by atoms with Crippen molar-refractivity contribution in [3.05, 3.63) is 84.7 Å². The number of rotatable bonds is 5. The highest BCUT2D eigenvalue weighted by Gasteiger charge is 2.17. The maximum atomic E-state index is 13.4. The minimum Gasteiger partial charge on any atom is -0.486 e. The van der Waals surface area contributed by atoms with Gasteiger partial charge in [0.1, 0.15) is 19.5 Å². The van der Waals surface area contributed by atoms with Gasteiger partial charge < -0.3 is 19.4 Å². The number of carbonyl (C=O) groups excluding carboxylic acids is 1. The number of amides is 1. The molecule has 36 heavy (non-hydrogen) atoms. The summed E-state index contributed by atoms with van der Waals surface area (Å²) in [6.45, 7) is 1.04. The smallest absolute Gasteiger partial charge is 0.256 e. The fourth-order valence-corrected chi connectivity index (χ4v) is 4.75. The topological polar surface area (TPSA) is 91.2 Å². The molecule has 1 aliphatic rings. The number of para-hydroxylation sites is 1. The molecule has 0 radical (unpaired) electrons. The number of aryl methyl sites for hydroxylation is 1. The molecule has 0 unspecified atom stereocenters. The Hall–Kier alpha value is -4.37. The fraction of sp³-hybridized carbons (Fsp3) is 0.111. The molecule has 0 spiro atoms. The summed E-state index contributed by atoms with van der Waals surface area (Å²) in [5, 5.41) is 12.6. The van der Waals surface area contributed by atoms with Crippen LogP contribution in [0.1, 0.15) is 10.4 Å². The molecular weight excluding hydrogens is 474 g/mol. The minimum absolute atomic E-state index is 0.207. The summed E-state index contributed by atoms with van der Waals surface area (Å²) in [5.41, 5.74) is 3.52. The first-order chi connectivity index (χ1) is 17.6. The number of nitrogens with one attached hydrogen (secondary N) is 1. The standard InChI is InChI=1S/C27H21N5O3S/c1-32-16-28-31-27(32)36-19-9-7-18(8-10-19)29-26(33)21-15-23(30-22-5-3-2-4-20(21)22)17-6-11-24-25(14-17)35-13-12-34-24/h2-11,14-16H,12-13H2,1H3,(H,29,33). The summed E-state index contributed by atoms with van der Waals surface area (Å²) in [5.74, 6) is 1.18. The van der Waals surface area contributed by atoms with Crippen LogP contribution < -0.4 is 14.8 Å². The lowest BCUT2D eigenvalue weighted by molar-refractivity contribution is 0.102. The number of carbonyl (C=O) groups is 1. The second-order valence-corrected chi connectivity index (χ2v) is 9.28. The van der Waals surface area contributed by atoms with Gasteiger partial charge in [-0.2, -0.15) is 0 Å². The van der Waals surface area contributed by atoms with E-state index in [0.717, 1.165) is 26.5 Å². The van der Waals surface area contributed by atoms with Gasteiger partial charge in [0.25, 0.3) is 5.91 Å². The van der Waals surface area contributed by atoms with Gasteiger partial charge >= 0.3 is 0 Å². The van der Waals surface area contributed by atoms with E-state index in [4.69, 9.17) is 14.5 Å². The van der Waals surface area contributed by atoms with Crippen molar-refractivity contribution in [2.24, 2.45) is 7.05 Å². The average molecular weight is 496 g/mol. The lowest BCUT2D eigenvalue weighted by atomic mass is 10.0. The van der Waals surface area contributed by atoms with Crippen LogP contribution in [0.15, 0.2) is 89.2 Å². The first-order valence-corrected chi connectivity index (χ1v) is 12.2. The number of fused-ring (bicyclic) bond motifs is 2. The number of aromatic nitrogens is 4. The Kier molecular flexibility index (Phi) is 5.74. The molecule has 9 heteroatoms. The van der Waals surface area contributed by atoms with Crippen LogP contribution in [-0.4, -0.2) is 38.9 Å². The van der Waals surface area contributed by atoms with Crippen molar-refractivity contribution in [2.75, 3.05) is 18.5 Å². The molecule has 0 atom stereocenters. The lowest BCUT2D eigenvalue weighted by Crippen LogP contribution is -2.15. The molecule has 1 amide bonds. The highest BCUT2D eigenvalue weighted by Crippen LogP contribution is 2.35. The van der Waals surface area contributed by atoms with Gasteiger partial charge in [0.15, 0.2) is 16.7 Å². The molecule has 2 aromatic heterocycles. The van der Waals surface area contributed by atoms with E-state index in [-0.39, 0.29) is 5.91 Å². The summed E-state index contributed by atoms with van der Waals surface area (Å²) >= 11 is 1.51. The van der Waals surface area contributed by atoms with Gasteiger partial charge in [-0.25, -0.2) is 4.98 Å². The monoisotopic (exact) mass is 495 g/mol. The number of hydrogen-bond donors (Lipinski definition) is 1. The van der Waals surface area contributed by atoms with E-state index in [9.17, 15) is 4.79 Å². The highest BCUT2D eigenvalue weighted by atomic mass is 32.2. The van der Waals surface area contributed by atoms with Crippen LogP contribution in [0.3, 0.4) is 0 Å². The third-order valence-corrected chi connectivity index (χ3v) is 6.85. The SMILES string of the molecule is Cn1cnnc1Sc1ccc(NC(=O)c2cc(-c3ccc4c(c3)OCCO4)nc3ccccc23)cc1. The normalized spacial score (nSPS) is 12.5. The van der Waals surface area contributed by atoms with Gasteiger partial charge in [-0.15, -0.1) is 10.2 Å². The molecule has 5 aromatic rings. The van der Waals surface area contributed by atoms with Crippen LogP contribution in [0.25, 0.3) is 22.2 Å². The van der Waals surface area contributed by atoms with E-state index < -0.39 is 0 Å². The first kappa shape index (κ1) is 22.1. The Morgan fingerprint density at radius 3 is 2.58 bits per heavy atom. The first-order valence-electron chi connectivity index (χ1n) is 11.4. The Labute approximate surface area is 211 Å². The molecule has 178 valence electrons. The number of ether oxygens (including phenoxy) is 2. The van der Waals surface area contributed by atoms with Gasteiger partial charge in [0.2, 0.25) is 0 Å². The molecule has 3 heterocycles. The van der Waals surface area contributed by atoms with Gasteiger partial charge in [-0.05, 0) is 66.4 Å². The van der Waals surface area contributed by atoms with Gasteiger partial charge in [0, 0.05) is 28.6 Å². The predicted molar refractivity (Wildman–Crippen MR) is 138 cm³/mol. The average Bonchev–Trinajstić information content (AvgIpc) is 3.32. The van der Waals surface area contributed by atoms with Crippen molar-refractivity contribution in [3.63, 3.8) is 0 Å². The Balaban J connectivity index is 1.29. The highest BCUT2D eigenvalue weighted by molar-refractivity contribution is 7.99. The molecule has 0 aliphatic carbocycles. The summed E-state index contributed by atoms with van der Waals surface area (Å²) in [6.07, 6.45) is 1.66. The number of hydrogen-bond acceptors (Lipinski definition) is 7. The molecule has 1 aliphatic heterocycles. The maximum Gasteiger partial charge on any atom is 0.256 e. The van der Waals surface area contributed by atoms with Crippen LogP contribution in [0.2, 0.25) is 0 Å². The van der Waals surface area contributed by atoms with Crippen LogP contribution >= 0.6 is 11.8 Å².